The Balaban J connectivity index is 1.38. The van der Waals surface area contributed by atoms with Gasteiger partial charge in [0.1, 0.15) is 16.0 Å². The molecule has 3 aromatic rings. The first kappa shape index (κ1) is 24.8. The van der Waals surface area contributed by atoms with Crippen molar-refractivity contribution in [1.82, 2.24) is 5.32 Å². The van der Waals surface area contributed by atoms with Crippen LogP contribution in [0.25, 0.3) is 0 Å². The number of carbonyl (C=O) groups is 2. The number of rotatable bonds is 7. The van der Waals surface area contributed by atoms with Crippen LogP contribution < -0.4 is 20.1 Å². The van der Waals surface area contributed by atoms with E-state index < -0.39 is 12.1 Å². The van der Waals surface area contributed by atoms with Crippen molar-refractivity contribution >= 4 is 39.6 Å². The van der Waals surface area contributed by atoms with Gasteiger partial charge in [0.25, 0.3) is 5.91 Å². The lowest BCUT2D eigenvalue weighted by atomic mass is 9.69. The molecule has 0 unspecified atom stereocenters. The van der Waals surface area contributed by atoms with Crippen LogP contribution in [0, 0.1) is 11.3 Å². The van der Waals surface area contributed by atoms with Crippen LogP contribution in [-0.4, -0.2) is 18.5 Å². The van der Waals surface area contributed by atoms with E-state index in [-0.39, 0.29) is 5.91 Å². The van der Waals surface area contributed by atoms with E-state index in [2.05, 4.69) is 31.4 Å². The molecule has 2 N–H and O–H groups in total. The average molecular weight is 525 g/mol. The van der Waals surface area contributed by atoms with Gasteiger partial charge in [0.15, 0.2) is 11.5 Å². The van der Waals surface area contributed by atoms with Crippen LogP contribution in [0.2, 0.25) is 0 Å². The minimum Gasteiger partial charge on any atom is -0.490 e. The average Bonchev–Trinajstić information content (AvgIpc) is 3.53. The van der Waals surface area contributed by atoms with Crippen LogP contribution in [-0.2, 0) is 12.8 Å². The molecular formula is C28H32N2O4S2. The van der Waals surface area contributed by atoms with Crippen molar-refractivity contribution in [3.05, 3.63) is 62.2 Å². The molecule has 0 saturated carbocycles. The summed E-state index contributed by atoms with van der Waals surface area (Å²) >= 11 is 3.05. The first-order valence-corrected chi connectivity index (χ1v) is 14.2. The lowest BCUT2D eigenvalue weighted by Gasteiger charge is -2.36. The topological polar surface area (TPSA) is 76.7 Å². The monoisotopic (exact) mass is 524 g/mol. The van der Waals surface area contributed by atoms with E-state index in [4.69, 9.17) is 9.47 Å². The Bertz CT molecular complexity index is 1280. The van der Waals surface area contributed by atoms with Crippen LogP contribution in [0.4, 0.5) is 5.00 Å². The number of hydrogen-bond acceptors (Lipinski definition) is 7. The highest BCUT2D eigenvalue weighted by atomic mass is 32.1. The molecule has 36 heavy (non-hydrogen) atoms. The fraction of sp³-hybridized carbons (Fsp3) is 0.429. The maximum atomic E-state index is 13.2. The summed E-state index contributed by atoms with van der Waals surface area (Å²) < 4.78 is 11.4. The fourth-order valence-corrected chi connectivity index (χ4v) is 6.97. The standard InChI is InChI=1S/C28H32N2O4S2/c1-5-28(3,4)17-10-11-18-22(15-17)36-26-23(18)25(31)29-24(30-26)16-9-12-19(20(14-16)33-6-2)34-27(32)21-8-7-13-35-21/h7-9,12-14,17,24,30H,5-6,10-11,15H2,1-4H3,(H,29,31)/t17-,24-/m0/s1. The molecule has 0 radical (unpaired) electrons. The van der Waals surface area contributed by atoms with Crippen molar-refractivity contribution in [2.24, 2.45) is 11.3 Å². The Kier molecular flexibility index (Phi) is 6.83. The van der Waals surface area contributed by atoms with Crippen LogP contribution in [0.3, 0.4) is 0 Å². The molecule has 8 heteroatoms. The zero-order chi connectivity index (χ0) is 25.4. The Labute approximate surface area is 220 Å². The first-order chi connectivity index (χ1) is 17.3. The highest BCUT2D eigenvalue weighted by Crippen LogP contribution is 2.47. The molecule has 1 aliphatic carbocycles. The number of esters is 1. The van der Waals surface area contributed by atoms with E-state index in [1.165, 1.54) is 21.8 Å². The van der Waals surface area contributed by atoms with Crippen LogP contribution in [0.5, 0.6) is 11.5 Å². The van der Waals surface area contributed by atoms with E-state index in [1.54, 1.807) is 23.5 Å². The second kappa shape index (κ2) is 9.90. The predicted molar refractivity (Wildman–Crippen MR) is 145 cm³/mol. The molecule has 2 atom stereocenters. The van der Waals surface area contributed by atoms with Crippen molar-refractivity contribution in [2.75, 3.05) is 11.9 Å². The minimum atomic E-state index is -0.416. The Morgan fingerprint density at radius 1 is 1.17 bits per heavy atom. The van der Waals surface area contributed by atoms with E-state index in [0.717, 1.165) is 41.8 Å². The van der Waals surface area contributed by atoms with Crippen LogP contribution >= 0.6 is 22.7 Å². The number of amides is 1. The van der Waals surface area contributed by atoms with Crippen molar-refractivity contribution in [3.8, 4) is 11.5 Å². The van der Waals surface area contributed by atoms with Gasteiger partial charge in [-0.3, -0.25) is 4.79 Å². The van der Waals surface area contributed by atoms with E-state index in [0.29, 0.717) is 34.3 Å². The number of thiophene rings is 2. The lowest BCUT2D eigenvalue weighted by Crippen LogP contribution is -2.38. The molecule has 6 nitrogen and oxygen atoms in total. The molecule has 2 aliphatic rings. The van der Waals surface area contributed by atoms with Gasteiger partial charge in [-0.05, 0) is 72.2 Å². The van der Waals surface area contributed by atoms with Gasteiger partial charge in [-0.25, -0.2) is 4.79 Å². The van der Waals surface area contributed by atoms with Gasteiger partial charge in [0.05, 0.1) is 12.2 Å². The van der Waals surface area contributed by atoms with Crippen molar-refractivity contribution in [1.29, 1.82) is 0 Å². The van der Waals surface area contributed by atoms with Gasteiger partial charge in [0, 0.05) is 4.88 Å². The molecule has 1 aliphatic heterocycles. The lowest BCUT2D eigenvalue weighted by molar-refractivity contribution is 0.0733. The zero-order valence-electron chi connectivity index (χ0n) is 21.1. The molecular weight excluding hydrogens is 492 g/mol. The van der Waals surface area contributed by atoms with Gasteiger partial charge in [-0.2, -0.15) is 0 Å². The van der Waals surface area contributed by atoms with Crippen molar-refractivity contribution in [2.45, 2.75) is 59.5 Å². The summed E-state index contributed by atoms with van der Waals surface area (Å²) in [5, 5.41) is 9.45. The number of hydrogen-bond donors (Lipinski definition) is 2. The first-order valence-electron chi connectivity index (χ1n) is 12.5. The predicted octanol–water partition coefficient (Wildman–Crippen LogP) is 6.82. The summed E-state index contributed by atoms with van der Waals surface area (Å²) in [6.45, 7) is 9.28. The molecule has 0 bridgehead atoms. The van der Waals surface area contributed by atoms with Gasteiger partial charge in [-0.15, -0.1) is 22.7 Å². The Morgan fingerprint density at radius 2 is 2.00 bits per heavy atom. The minimum absolute atomic E-state index is 0.0365. The highest BCUT2D eigenvalue weighted by Gasteiger charge is 2.37. The molecule has 5 rings (SSSR count). The largest absolute Gasteiger partial charge is 0.490 e. The molecule has 2 aromatic heterocycles. The van der Waals surface area contributed by atoms with Gasteiger partial charge < -0.3 is 20.1 Å². The molecule has 0 spiro atoms. The van der Waals surface area contributed by atoms with Gasteiger partial charge in [0.2, 0.25) is 0 Å². The SMILES string of the molecule is CCOc1cc([C@H]2NC(=O)c3c(sc4c3CC[C@H](C(C)(C)CC)C4)N2)ccc1OC(=O)c1cccs1. The second-order valence-electron chi connectivity index (χ2n) is 10.0. The number of benzene rings is 1. The van der Waals surface area contributed by atoms with Crippen LogP contribution in [0.15, 0.2) is 35.7 Å². The number of fused-ring (bicyclic) bond motifs is 3. The van der Waals surface area contributed by atoms with Crippen molar-refractivity contribution < 1.29 is 19.1 Å². The maximum Gasteiger partial charge on any atom is 0.353 e. The summed E-state index contributed by atoms with van der Waals surface area (Å²) in [7, 11) is 0. The third kappa shape index (κ3) is 4.64. The molecule has 0 fully saturated rings. The van der Waals surface area contributed by atoms with Gasteiger partial charge >= 0.3 is 5.97 Å². The third-order valence-corrected chi connectivity index (χ3v) is 9.62. The number of carbonyl (C=O) groups excluding carboxylic acids is 2. The zero-order valence-corrected chi connectivity index (χ0v) is 22.7. The number of nitrogens with one attached hydrogen (secondary N) is 2. The number of ether oxygens (including phenoxy) is 2. The van der Waals surface area contributed by atoms with E-state index in [9.17, 15) is 9.59 Å². The van der Waals surface area contributed by atoms with Gasteiger partial charge in [-0.1, -0.05) is 39.3 Å². The quantitative estimate of drug-likeness (QED) is 0.262. The fourth-order valence-electron chi connectivity index (χ4n) is 5.02. The normalized spacial score (nSPS) is 19.1. The summed E-state index contributed by atoms with van der Waals surface area (Å²) in [4.78, 5) is 27.6. The molecule has 0 saturated heterocycles. The molecule has 190 valence electrons. The maximum absolute atomic E-state index is 13.2. The third-order valence-electron chi connectivity index (χ3n) is 7.59. The summed E-state index contributed by atoms with van der Waals surface area (Å²) in [6, 6.07) is 8.96. The molecule has 3 heterocycles. The summed E-state index contributed by atoms with van der Waals surface area (Å²) in [6.07, 6.45) is 3.87. The van der Waals surface area contributed by atoms with Crippen LogP contribution in [0.1, 0.15) is 82.7 Å². The van der Waals surface area contributed by atoms with E-state index in [1.807, 2.05) is 30.5 Å². The Hall–Kier alpha value is -2.84. The molecule has 1 amide bonds. The Morgan fingerprint density at radius 3 is 2.72 bits per heavy atom. The summed E-state index contributed by atoms with van der Waals surface area (Å²) in [5.41, 5.74) is 3.16. The summed E-state index contributed by atoms with van der Waals surface area (Å²) in [5.74, 6) is 1.01. The molecule has 1 aromatic carbocycles. The second-order valence-corrected chi connectivity index (χ2v) is 12.1. The van der Waals surface area contributed by atoms with E-state index >= 15 is 0 Å². The smallest absolute Gasteiger partial charge is 0.353 e. The highest BCUT2D eigenvalue weighted by molar-refractivity contribution is 7.16. The number of anilines is 1. The van der Waals surface area contributed by atoms with Crippen molar-refractivity contribution in [3.63, 3.8) is 0 Å².